The smallest absolute Gasteiger partial charge is 0.330 e. The lowest BCUT2D eigenvalue weighted by molar-refractivity contribution is -0.389. The number of pyridine rings is 1. The maximum atomic E-state index is 14.4. The summed E-state index contributed by atoms with van der Waals surface area (Å²) in [6.07, 6.45) is -6.15. The monoisotopic (exact) mass is 565 g/mol. The number of carbonyl (C=O) groups excluding carboxylic acids is 3. The molecular weight excluding hydrogens is 553 g/mol. The Morgan fingerprint density at radius 3 is 2.28 bits per heavy atom. The van der Waals surface area contributed by atoms with Crippen molar-refractivity contribution in [3.8, 4) is 6.07 Å². The maximum absolute atomic E-state index is 14.4. The number of hydrogen-bond acceptors (Lipinski definition) is 5. The number of aromatic nitrogens is 1. The van der Waals surface area contributed by atoms with Gasteiger partial charge in [0.1, 0.15) is 12.1 Å². The van der Waals surface area contributed by atoms with Crippen LogP contribution in [0.4, 0.5) is 50.0 Å². The molecule has 8 nitrogen and oxygen atoms in total. The summed E-state index contributed by atoms with van der Waals surface area (Å²) in [6, 6.07) is 1.66. The number of hydrogen-bond donors (Lipinski definition) is 0. The lowest BCUT2D eigenvalue weighted by atomic mass is 10.0. The summed E-state index contributed by atoms with van der Waals surface area (Å²) < 4.78 is 121. The predicted molar refractivity (Wildman–Crippen MR) is 110 cm³/mol. The second kappa shape index (κ2) is 7.96. The van der Waals surface area contributed by atoms with Gasteiger partial charge in [0, 0.05) is 18.1 Å². The van der Waals surface area contributed by atoms with E-state index in [1.165, 1.54) is 30.5 Å². The van der Waals surface area contributed by atoms with Crippen LogP contribution in [0.3, 0.4) is 0 Å². The van der Waals surface area contributed by atoms with E-state index in [-0.39, 0.29) is 33.5 Å². The van der Waals surface area contributed by atoms with Gasteiger partial charge in [-0.05, 0) is 30.7 Å². The van der Waals surface area contributed by atoms with Crippen molar-refractivity contribution >= 4 is 34.4 Å². The summed E-state index contributed by atoms with van der Waals surface area (Å²) >= 11 is 0. The molecule has 4 amide bonds. The van der Waals surface area contributed by atoms with Crippen LogP contribution in [0, 0.1) is 11.3 Å². The molecule has 3 fully saturated rings. The quantitative estimate of drug-likeness (QED) is 0.416. The molecule has 39 heavy (non-hydrogen) atoms. The number of nitriles is 1. The van der Waals surface area contributed by atoms with E-state index in [9.17, 15) is 59.2 Å². The molecule has 2 aromatic rings. The van der Waals surface area contributed by atoms with Crippen LogP contribution >= 0.6 is 0 Å². The van der Waals surface area contributed by atoms with Crippen LogP contribution in [0.25, 0.3) is 10.9 Å². The topological polar surface area (TPSA) is 97.6 Å². The van der Waals surface area contributed by atoms with Crippen molar-refractivity contribution in [2.75, 3.05) is 11.4 Å². The molecule has 2 unspecified atom stereocenters. The summed E-state index contributed by atoms with van der Waals surface area (Å²) in [7, 11) is 0. The molecule has 1 aromatic carbocycles. The minimum atomic E-state index is -7.26. The Hall–Kier alpha value is -4.10. The van der Waals surface area contributed by atoms with E-state index < -0.39 is 66.5 Å². The van der Waals surface area contributed by atoms with Crippen molar-refractivity contribution < 1.29 is 53.9 Å². The molecule has 0 saturated carbocycles. The summed E-state index contributed by atoms with van der Waals surface area (Å²) in [4.78, 5) is 44.4. The Labute approximate surface area is 211 Å². The summed E-state index contributed by atoms with van der Waals surface area (Å²) in [6.45, 7) is -0.911. The summed E-state index contributed by atoms with van der Waals surface area (Å²) in [5.74, 6) is -25.1. The number of anilines is 1. The molecule has 0 N–H and O–H groups in total. The lowest BCUT2D eigenvalue weighted by Crippen LogP contribution is -2.67. The van der Waals surface area contributed by atoms with Gasteiger partial charge >= 0.3 is 30.0 Å². The molecule has 1 aromatic heterocycles. The predicted octanol–water partition coefficient (Wildman–Crippen LogP) is 3.69. The number of imide groups is 1. The fourth-order valence-corrected chi connectivity index (χ4v) is 5.25. The molecule has 0 radical (unpaired) electrons. The third-order valence-corrected chi connectivity index (χ3v) is 7.05. The number of carbonyl (C=O) groups is 3. The summed E-state index contributed by atoms with van der Waals surface area (Å²) in [5, 5.41) is 9.46. The molecule has 0 spiro atoms. The SMILES string of the molecule is N#Cc1ccc(N2C(=O)[C@H]3C4CC(CN4C(=O)C(F)(F)C(F)(F)C(F)(F)C(F)(F)F)N3C2=O)c2cccnc12. The molecule has 0 aliphatic carbocycles. The number of rotatable bonds is 4. The van der Waals surface area contributed by atoms with E-state index in [4.69, 9.17) is 0 Å². The number of benzene rings is 1. The highest BCUT2D eigenvalue weighted by atomic mass is 19.4. The number of urea groups is 1. The van der Waals surface area contributed by atoms with Crippen LogP contribution in [0.15, 0.2) is 30.5 Å². The van der Waals surface area contributed by atoms with E-state index in [0.29, 0.717) is 4.90 Å². The van der Waals surface area contributed by atoms with Crippen LogP contribution in [0.5, 0.6) is 0 Å². The van der Waals surface area contributed by atoms with Crippen molar-refractivity contribution in [3.05, 3.63) is 36.0 Å². The number of halogens is 9. The Bertz CT molecular complexity index is 1470. The second-order valence-corrected chi connectivity index (χ2v) is 9.09. The molecule has 17 heteroatoms. The normalized spacial score (nSPS) is 23.6. The fraction of sp³-hybridized carbons (Fsp3) is 0.409. The largest absolute Gasteiger partial charge is 0.460 e. The Kier molecular flexibility index (Phi) is 5.41. The molecule has 4 heterocycles. The molecule has 3 saturated heterocycles. The van der Waals surface area contributed by atoms with Gasteiger partial charge in [0.25, 0.3) is 11.8 Å². The van der Waals surface area contributed by atoms with Gasteiger partial charge in [-0.3, -0.25) is 14.6 Å². The molecule has 5 rings (SSSR count). The number of alkyl halides is 9. The average molecular weight is 565 g/mol. The number of fused-ring (bicyclic) bond motifs is 6. The Morgan fingerprint density at radius 2 is 1.67 bits per heavy atom. The third-order valence-electron chi connectivity index (χ3n) is 7.05. The first-order chi connectivity index (χ1) is 18.0. The fourth-order valence-electron chi connectivity index (χ4n) is 5.25. The zero-order valence-corrected chi connectivity index (χ0v) is 18.9. The first kappa shape index (κ1) is 26.5. The number of nitrogens with zero attached hydrogens (tertiary/aromatic N) is 5. The van der Waals surface area contributed by atoms with E-state index >= 15 is 0 Å². The van der Waals surface area contributed by atoms with Gasteiger partial charge in [-0.2, -0.15) is 44.8 Å². The van der Waals surface area contributed by atoms with Crippen LogP contribution in [0.2, 0.25) is 0 Å². The van der Waals surface area contributed by atoms with Crippen molar-refractivity contribution in [2.45, 2.75) is 48.5 Å². The van der Waals surface area contributed by atoms with Crippen LogP contribution in [0.1, 0.15) is 12.0 Å². The highest BCUT2D eigenvalue weighted by molar-refractivity contribution is 6.25. The van der Waals surface area contributed by atoms with Crippen molar-refractivity contribution in [3.63, 3.8) is 0 Å². The van der Waals surface area contributed by atoms with Gasteiger partial charge in [0.2, 0.25) is 0 Å². The standard InChI is InChI=1S/C22H12F9N5O3/c23-19(24,20(25,26)21(27,28)22(29,30)31)17(38)34-8-10-6-13(34)15-16(37)36(18(39)35(10)15)12-4-3-9(7-32)14-11(12)2-1-5-33-14/h1-5,10,13,15H,6,8H2/t10?,13?,15-/m1/s1. The van der Waals surface area contributed by atoms with Crippen molar-refractivity contribution in [2.24, 2.45) is 0 Å². The minimum Gasteiger partial charge on any atom is -0.330 e. The zero-order chi connectivity index (χ0) is 28.9. The van der Waals surface area contributed by atoms with Crippen molar-refractivity contribution in [1.29, 1.82) is 5.26 Å². The highest BCUT2D eigenvalue weighted by Gasteiger charge is 2.84. The minimum absolute atomic E-state index is 0.0562. The summed E-state index contributed by atoms with van der Waals surface area (Å²) in [5.41, 5.74) is 0.127. The number of piperazine rings is 1. The van der Waals surface area contributed by atoms with Gasteiger partial charge in [-0.15, -0.1) is 0 Å². The highest BCUT2D eigenvalue weighted by Crippen LogP contribution is 2.54. The first-order valence-corrected chi connectivity index (χ1v) is 10.9. The van der Waals surface area contributed by atoms with Gasteiger partial charge in [0.05, 0.1) is 28.9 Å². The van der Waals surface area contributed by atoms with Crippen LogP contribution in [-0.2, 0) is 9.59 Å². The van der Waals surface area contributed by atoms with E-state index in [2.05, 4.69) is 4.98 Å². The third kappa shape index (κ3) is 3.26. The number of amides is 4. The van der Waals surface area contributed by atoms with Crippen molar-refractivity contribution in [1.82, 2.24) is 14.8 Å². The lowest BCUT2D eigenvalue weighted by Gasteiger charge is -2.39. The van der Waals surface area contributed by atoms with E-state index in [0.717, 1.165) is 4.90 Å². The maximum Gasteiger partial charge on any atom is 0.460 e. The molecule has 3 aliphatic heterocycles. The van der Waals surface area contributed by atoms with Crippen LogP contribution in [-0.4, -0.2) is 81.2 Å². The number of likely N-dealkylation sites (tertiary alicyclic amines) is 1. The molecule has 2 bridgehead atoms. The second-order valence-electron chi connectivity index (χ2n) is 9.09. The molecule has 3 aliphatic rings. The zero-order valence-electron chi connectivity index (χ0n) is 18.9. The molecule has 206 valence electrons. The Balaban J connectivity index is 1.48. The van der Waals surface area contributed by atoms with Gasteiger partial charge in [-0.25, -0.2) is 9.69 Å². The molecule has 3 atom stereocenters. The van der Waals surface area contributed by atoms with Gasteiger partial charge < -0.3 is 9.80 Å². The van der Waals surface area contributed by atoms with Gasteiger partial charge in [0.15, 0.2) is 0 Å². The first-order valence-electron chi connectivity index (χ1n) is 10.9. The van der Waals surface area contributed by atoms with Gasteiger partial charge in [-0.1, -0.05) is 0 Å². The molecular formula is C22H12F9N5O3. The van der Waals surface area contributed by atoms with E-state index in [1.807, 2.05) is 6.07 Å². The van der Waals surface area contributed by atoms with Crippen LogP contribution < -0.4 is 4.90 Å². The Morgan fingerprint density at radius 1 is 1.00 bits per heavy atom. The van der Waals surface area contributed by atoms with E-state index in [1.54, 1.807) is 0 Å². The average Bonchev–Trinajstić information content (AvgIpc) is 3.53.